The number of rotatable bonds is 13. The molecule has 123 heavy (non-hydrogen) atoms. The number of carbonyl (C=O) groups is 1. The number of aromatic nitrogens is 2. The van der Waals surface area contributed by atoms with Crippen LogP contribution in [-0.2, 0) is 63.2 Å². The standard InChI is InChI=1S/2C28H24N2.C26H20N2.C11H8NO.C11H8N.C5H8O2.3Rh/c1-20-16-24(22-10-5-4-6-11-22)17-21(2)28(20)23-12-9-13-25(18-23)30-19-29(3)26-14-7-8-15-27(26)30;1-20-13-18-25(30-19-29(3)26-11-7-8-12-27(26)30)21(2)28(20)24-16-14-23(15-17-24)22-9-5-4-6-10-22;1-27-19-28(26-13-6-5-12-25(26)27)24-11-7-10-23(18-24)22-16-14-21(15-17-22)20-8-3-2-4-9-20;1-2-6-10(7-3-1)13-11-8-4-5-9-12-11;1-2-6-10(7-3-1)11-8-4-5-9-12-11;1-4(6)3-5(2)7;;;/h4-12,14-19H,1-3H3;4-17,19H,1-3H3;2-10,12-19H,1H3;1-6,8-9H;1-6,8-9H;3,6H,1-2H3;;;/q3*-2;2*-1;;+2;2*+3. The number of anilines is 9. The van der Waals surface area contributed by atoms with Crippen molar-refractivity contribution < 1.29 is 73.1 Å². The molecule has 19 rings (SSSR count). The van der Waals surface area contributed by atoms with Crippen molar-refractivity contribution in [2.45, 2.75) is 41.5 Å². The Labute approximate surface area is 764 Å². The number of carbonyl (C=O) groups excluding carboxylic acids is 1. The van der Waals surface area contributed by atoms with E-state index in [9.17, 15) is 4.79 Å². The van der Waals surface area contributed by atoms with Crippen molar-refractivity contribution in [1.29, 1.82) is 0 Å². The average molecular weight is 1870 g/mol. The number of nitrogens with zero attached hydrogens (tertiary/aromatic N) is 8. The molecule has 5 heterocycles. The third kappa shape index (κ3) is 23.0. The van der Waals surface area contributed by atoms with Gasteiger partial charge in [-0.2, -0.15) is 92.3 Å². The van der Waals surface area contributed by atoms with Gasteiger partial charge in [-0.1, -0.05) is 220 Å². The first-order valence-corrected chi connectivity index (χ1v) is 39.8. The Hall–Kier alpha value is -12.9. The van der Waals surface area contributed by atoms with Crippen LogP contribution < -0.4 is 34.1 Å². The molecular weight excluding hydrogens is 1780 g/mol. The molecule has 0 spiro atoms. The molecule has 16 aromatic rings. The SMILES string of the molecule is CC(=O)C=C(C)O.CN1[CH-]N(c2[c-]ccc(-c3ccc(-c4ccccc4)cc3)c2)c2ccccc21.Cc1c[c-]c(N2[CH-]N(C)c3ccccc32)c(C)c1-c1ccc(-c2ccccc2)cc1.Cc1cc(-c2ccccc2)cc(C)c1-c1cc[c-]c(N2[CH-]N(C)c3ccccc32)c1.[Rh+2].[Rh+3].[Rh+3].[c-]1ccccc1-c1ccccn1.[c-]1ccccc1Oc1ccccn1. The summed E-state index contributed by atoms with van der Waals surface area (Å²) in [6, 6.07) is 137. The number of pyridine rings is 2. The van der Waals surface area contributed by atoms with Crippen molar-refractivity contribution in [2.24, 2.45) is 0 Å². The van der Waals surface area contributed by atoms with Crippen molar-refractivity contribution >= 4 is 57.0 Å². The normalized spacial score (nSPS) is 11.8. The predicted molar refractivity (Wildman–Crippen MR) is 496 cm³/mol. The fraction of sp³-hybridized carbons (Fsp3) is 0.0826. The van der Waals surface area contributed by atoms with Gasteiger partial charge in [-0.3, -0.25) is 4.79 Å². The maximum atomic E-state index is 10.0. The molecule has 14 heteroatoms. The number of benzene rings is 14. The van der Waals surface area contributed by atoms with Gasteiger partial charge in [0.2, 0.25) is 5.88 Å². The summed E-state index contributed by atoms with van der Waals surface area (Å²) in [5.74, 6) is 1.21. The third-order valence-corrected chi connectivity index (χ3v) is 20.4. The molecule has 0 saturated carbocycles. The summed E-state index contributed by atoms with van der Waals surface area (Å²) in [6.45, 7) is 18.0. The van der Waals surface area contributed by atoms with Crippen molar-refractivity contribution in [3.63, 3.8) is 0 Å². The molecule has 0 atom stereocenters. The van der Waals surface area contributed by atoms with Gasteiger partial charge in [0.15, 0.2) is 5.78 Å². The van der Waals surface area contributed by atoms with E-state index in [2.05, 4.69) is 387 Å². The molecule has 3 aliphatic heterocycles. The fourth-order valence-corrected chi connectivity index (χ4v) is 14.8. The molecule has 0 bridgehead atoms. The van der Waals surface area contributed by atoms with E-state index in [1.807, 2.05) is 91.0 Å². The van der Waals surface area contributed by atoms with Crippen LogP contribution in [0.1, 0.15) is 36.1 Å². The summed E-state index contributed by atoms with van der Waals surface area (Å²) >= 11 is 0. The number of ether oxygens (including phenoxy) is 1. The minimum atomic E-state index is -0.125. The number of ketones is 1. The van der Waals surface area contributed by atoms with Crippen molar-refractivity contribution in [3.8, 4) is 89.6 Å². The summed E-state index contributed by atoms with van der Waals surface area (Å²) in [6.07, 6.45) is 4.65. The summed E-state index contributed by atoms with van der Waals surface area (Å²) in [5, 5.41) is 8.36. The summed E-state index contributed by atoms with van der Waals surface area (Å²) in [4.78, 5) is 31.4. The number of hydrogen-bond acceptors (Lipinski definition) is 11. The van der Waals surface area contributed by atoms with Crippen LogP contribution in [-0.4, -0.2) is 42.0 Å². The maximum Gasteiger partial charge on any atom is 3.00 e. The minimum Gasteiger partial charge on any atom is -0.512 e. The molecule has 0 fully saturated rings. The summed E-state index contributed by atoms with van der Waals surface area (Å²) < 4.78 is 5.41. The smallest absolute Gasteiger partial charge is 0.512 e. The third-order valence-electron chi connectivity index (χ3n) is 20.4. The first-order chi connectivity index (χ1) is 58.6. The first-order valence-electron chi connectivity index (χ1n) is 39.8. The molecule has 0 saturated heterocycles. The van der Waals surface area contributed by atoms with E-state index < -0.39 is 0 Å². The van der Waals surface area contributed by atoms with Crippen molar-refractivity contribution in [3.05, 3.63) is 449 Å². The van der Waals surface area contributed by atoms with E-state index in [4.69, 9.17) is 9.84 Å². The minimum absolute atomic E-state index is 0. The van der Waals surface area contributed by atoms with Crippen LogP contribution >= 0.6 is 0 Å². The predicted octanol–water partition coefficient (Wildman–Crippen LogP) is 27.1. The van der Waals surface area contributed by atoms with E-state index in [-0.39, 0.29) is 70.0 Å². The second-order valence-electron chi connectivity index (χ2n) is 29.1. The average Bonchev–Trinajstić information content (AvgIpc) is 1.71. The Morgan fingerprint density at radius 3 is 1.22 bits per heavy atom. The zero-order valence-corrected chi connectivity index (χ0v) is 74.7. The fourth-order valence-electron chi connectivity index (χ4n) is 14.8. The number of aryl methyl sites for hydroxylation is 3. The number of allylic oxidation sites excluding steroid dienone is 2. The quantitative estimate of drug-likeness (QED) is 0.0518. The number of aliphatic hydroxyl groups is 1. The first kappa shape index (κ1) is 90.8. The van der Waals surface area contributed by atoms with Gasteiger partial charge in [0.25, 0.3) is 0 Å². The second-order valence-corrected chi connectivity index (χ2v) is 29.1. The van der Waals surface area contributed by atoms with Crippen LogP contribution in [0.25, 0.3) is 78.0 Å². The number of fused-ring (bicyclic) bond motifs is 3. The number of aliphatic hydroxyl groups excluding tert-OH is 1. The van der Waals surface area contributed by atoms with Gasteiger partial charge in [0.05, 0.1) is 5.76 Å². The monoisotopic (exact) mass is 1870 g/mol. The van der Waals surface area contributed by atoms with Crippen LogP contribution in [0.2, 0.25) is 0 Å². The van der Waals surface area contributed by atoms with E-state index in [1.54, 1.807) is 24.5 Å². The molecule has 3 aliphatic rings. The Morgan fingerprint density at radius 2 is 0.772 bits per heavy atom. The van der Waals surface area contributed by atoms with Gasteiger partial charge < -0.3 is 44.2 Å². The Morgan fingerprint density at radius 1 is 0.366 bits per heavy atom. The van der Waals surface area contributed by atoms with E-state index >= 15 is 0 Å². The van der Waals surface area contributed by atoms with Crippen LogP contribution in [0.4, 0.5) is 51.2 Å². The molecule has 613 valence electrons. The van der Waals surface area contributed by atoms with Gasteiger partial charge in [-0.15, -0.1) is 99.5 Å². The van der Waals surface area contributed by atoms with Crippen LogP contribution in [0.5, 0.6) is 11.6 Å². The maximum absolute atomic E-state index is 10.0. The summed E-state index contributed by atoms with van der Waals surface area (Å²) in [5.41, 5.74) is 32.3. The second kappa shape index (κ2) is 44.0. The van der Waals surface area contributed by atoms with Crippen LogP contribution in [0.15, 0.2) is 376 Å². The van der Waals surface area contributed by atoms with E-state index in [1.165, 1.54) is 143 Å². The summed E-state index contributed by atoms with van der Waals surface area (Å²) in [7, 11) is 6.25. The Kier molecular flexibility index (Phi) is 32.5. The molecule has 0 unspecified atom stereocenters. The molecule has 0 amide bonds. The largest absolute Gasteiger partial charge is 3.00 e. The molecule has 14 aromatic carbocycles. The van der Waals surface area contributed by atoms with Gasteiger partial charge in [0.1, 0.15) is 0 Å². The van der Waals surface area contributed by atoms with Gasteiger partial charge >= 0.3 is 58.4 Å². The zero-order valence-electron chi connectivity index (χ0n) is 69.8. The topological polar surface area (TPSA) is 91.8 Å². The Bertz CT molecular complexity index is 6000. The van der Waals surface area contributed by atoms with Gasteiger partial charge in [-0.25, -0.2) is 4.98 Å². The van der Waals surface area contributed by atoms with E-state index in [0.29, 0.717) is 11.6 Å². The molecule has 11 nitrogen and oxygen atoms in total. The van der Waals surface area contributed by atoms with Crippen molar-refractivity contribution in [1.82, 2.24) is 9.97 Å². The number of para-hydroxylation sites is 7. The van der Waals surface area contributed by atoms with Crippen LogP contribution in [0, 0.1) is 78.0 Å². The zero-order chi connectivity index (χ0) is 83.3. The molecular formula is C109H92N8O3Rh3. The van der Waals surface area contributed by atoms with Gasteiger partial charge in [0, 0.05) is 64.4 Å². The molecule has 1 radical (unpaired) electrons. The Balaban J connectivity index is 0.000000151. The van der Waals surface area contributed by atoms with Gasteiger partial charge in [-0.05, 0) is 164 Å². The molecule has 0 aliphatic carbocycles. The number of hydrogen-bond donors (Lipinski definition) is 1. The van der Waals surface area contributed by atoms with Crippen molar-refractivity contribution in [2.75, 3.05) is 50.5 Å². The molecule has 1 N–H and O–H groups in total. The van der Waals surface area contributed by atoms with Crippen LogP contribution in [0.3, 0.4) is 0 Å². The molecule has 2 aromatic heterocycles. The van der Waals surface area contributed by atoms with E-state index in [0.717, 1.165) is 28.3 Å².